The van der Waals surface area contributed by atoms with Crippen molar-refractivity contribution in [2.45, 2.75) is 20.3 Å². The highest BCUT2D eigenvalue weighted by Crippen LogP contribution is 2.20. The first-order chi connectivity index (χ1) is 9.45. The first kappa shape index (κ1) is 14.6. The topological polar surface area (TPSA) is 67.2 Å². The van der Waals surface area contributed by atoms with Gasteiger partial charge in [-0.2, -0.15) is 5.10 Å². The Morgan fingerprint density at radius 3 is 2.55 bits per heavy atom. The van der Waals surface area contributed by atoms with Crippen LogP contribution in [0.15, 0.2) is 12.3 Å². The maximum Gasteiger partial charge on any atom is 0.272 e. The monoisotopic (exact) mass is 278 g/mol. The Morgan fingerprint density at radius 2 is 2.00 bits per heavy atom. The largest absolute Gasteiger partial charge is 0.342 e. The molecular weight excluding hydrogens is 256 g/mol. The molecule has 1 aromatic heterocycles. The number of aryl methyl sites for hydroxylation is 1. The molecule has 20 heavy (non-hydrogen) atoms. The summed E-state index contributed by atoms with van der Waals surface area (Å²) in [6.45, 7) is 5.91. The summed E-state index contributed by atoms with van der Waals surface area (Å²) in [4.78, 5) is 25.8. The van der Waals surface area contributed by atoms with Crippen molar-refractivity contribution >= 4 is 11.8 Å². The molecule has 2 rings (SSSR count). The normalized spacial score (nSPS) is 22.6. The van der Waals surface area contributed by atoms with E-state index in [2.05, 4.69) is 24.3 Å². The van der Waals surface area contributed by atoms with Gasteiger partial charge in [0.1, 0.15) is 5.69 Å². The first-order valence-corrected chi connectivity index (χ1v) is 7.01. The van der Waals surface area contributed by atoms with Gasteiger partial charge in [0, 0.05) is 26.3 Å². The Bertz CT molecular complexity index is 487. The van der Waals surface area contributed by atoms with E-state index < -0.39 is 0 Å². The van der Waals surface area contributed by atoms with E-state index >= 15 is 0 Å². The van der Waals surface area contributed by atoms with Crippen LogP contribution in [0.5, 0.6) is 0 Å². The highest BCUT2D eigenvalue weighted by Gasteiger charge is 2.25. The summed E-state index contributed by atoms with van der Waals surface area (Å²) in [6.07, 6.45) is 2.86. The third kappa shape index (κ3) is 3.59. The van der Waals surface area contributed by atoms with Gasteiger partial charge in [-0.15, -0.1) is 0 Å². The van der Waals surface area contributed by atoms with Gasteiger partial charge in [-0.3, -0.25) is 14.3 Å². The molecule has 2 atom stereocenters. The Balaban J connectivity index is 1.84. The number of hydrogen-bond acceptors (Lipinski definition) is 3. The van der Waals surface area contributed by atoms with Crippen LogP contribution >= 0.6 is 0 Å². The number of nitrogens with one attached hydrogen (secondary N) is 1. The highest BCUT2D eigenvalue weighted by molar-refractivity contribution is 5.94. The molecule has 1 saturated heterocycles. The van der Waals surface area contributed by atoms with Crippen molar-refractivity contribution in [1.82, 2.24) is 20.0 Å². The van der Waals surface area contributed by atoms with Crippen molar-refractivity contribution in [1.29, 1.82) is 0 Å². The molecule has 1 aliphatic heterocycles. The van der Waals surface area contributed by atoms with E-state index in [0.29, 0.717) is 17.5 Å². The van der Waals surface area contributed by atoms with Crippen molar-refractivity contribution in [3.63, 3.8) is 0 Å². The first-order valence-electron chi connectivity index (χ1n) is 7.01. The molecule has 1 aromatic rings. The van der Waals surface area contributed by atoms with Crippen LogP contribution in [-0.2, 0) is 11.8 Å². The highest BCUT2D eigenvalue weighted by atomic mass is 16.2. The second-order valence-electron chi connectivity index (χ2n) is 5.80. The lowest BCUT2D eigenvalue weighted by molar-refractivity contribution is -0.132. The van der Waals surface area contributed by atoms with Crippen LogP contribution in [-0.4, -0.2) is 46.1 Å². The summed E-state index contributed by atoms with van der Waals surface area (Å²) < 4.78 is 1.56. The second kappa shape index (κ2) is 6.07. The maximum atomic E-state index is 12.1. The minimum atomic E-state index is -0.308. The lowest BCUT2D eigenvalue weighted by atomic mass is 9.92. The van der Waals surface area contributed by atoms with Crippen LogP contribution in [0.2, 0.25) is 0 Å². The minimum absolute atomic E-state index is 0.0207. The van der Waals surface area contributed by atoms with E-state index in [9.17, 15) is 9.59 Å². The number of carbonyl (C=O) groups excluding carboxylic acids is 2. The summed E-state index contributed by atoms with van der Waals surface area (Å²) in [7, 11) is 1.75. The molecule has 0 saturated carbocycles. The summed E-state index contributed by atoms with van der Waals surface area (Å²) >= 11 is 0. The third-order valence-electron chi connectivity index (χ3n) is 3.57. The van der Waals surface area contributed by atoms with Crippen LogP contribution < -0.4 is 5.32 Å². The zero-order valence-electron chi connectivity index (χ0n) is 12.3. The molecule has 2 heterocycles. The number of hydrogen-bond donors (Lipinski definition) is 1. The van der Waals surface area contributed by atoms with E-state index in [1.807, 2.05) is 4.90 Å². The molecule has 1 aliphatic rings. The summed E-state index contributed by atoms with van der Waals surface area (Å²) in [5, 5.41) is 6.64. The van der Waals surface area contributed by atoms with Crippen molar-refractivity contribution in [3.05, 3.63) is 18.0 Å². The van der Waals surface area contributed by atoms with E-state index in [0.717, 1.165) is 19.5 Å². The van der Waals surface area contributed by atoms with Gasteiger partial charge in [0.15, 0.2) is 0 Å². The van der Waals surface area contributed by atoms with Gasteiger partial charge in [0.2, 0.25) is 5.91 Å². The minimum Gasteiger partial charge on any atom is -0.342 e. The van der Waals surface area contributed by atoms with Gasteiger partial charge in [-0.25, -0.2) is 0 Å². The lowest BCUT2D eigenvalue weighted by Crippen LogP contribution is -2.46. The van der Waals surface area contributed by atoms with Crippen LogP contribution in [0, 0.1) is 11.8 Å². The Hall–Kier alpha value is -1.85. The average Bonchev–Trinajstić information content (AvgIpc) is 2.81. The molecule has 6 nitrogen and oxygen atoms in total. The lowest BCUT2D eigenvalue weighted by Gasteiger charge is -2.35. The number of aromatic nitrogens is 2. The van der Waals surface area contributed by atoms with Gasteiger partial charge < -0.3 is 10.2 Å². The number of rotatable bonds is 3. The second-order valence-corrected chi connectivity index (χ2v) is 5.80. The number of likely N-dealkylation sites (tertiary alicyclic amines) is 1. The molecule has 0 spiro atoms. The fraction of sp³-hybridized carbons (Fsp3) is 0.643. The maximum absolute atomic E-state index is 12.1. The van der Waals surface area contributed by atoms with E-state index in [4.69, 9.17) is 0 Å². The average molecular weight is 278 g/mol. The Morgan fingerprint density at radius 1 is 1.35 bits per heavy atom. The molecule has 2 amide bonds. The Labute approximate surface area is 119 Å². The van der Waals surface area contributed by atoms with Crippen LogP contribution in [0.3, 0.4) is 0 Å². The third-order valence-corrected chi connectivity index (χ3v) is 3.57. The van der Waals surface area contributed by atoms with Crippen molar-refractivity contribution < 1.29 is 9.59 Å². The Kier molecular flexibility index (Phi) is 4.42. The molecule has 0 aromatic carbocycles. The van der Waals surface area contributed by atoms with Gasteiger partial charge in [-0.1, -0.05) is 13.8 Å². The van der Waals surface area contributed by atoms with Gasteiger partial charge >= 0.3 is 0 Å². The zero-order chi connectivity index (χ0) is 14.7. The predicted molar refractivity (Wildman–Crippen MR) is 75.1 cm³/mol. The number of nitrogens with zero attached hydrogens (tertiary/aromatic N) is 3. The van der Waals surface area contributed by atoms with Gasteiger partial charge in [-0.05, 0) is 24.3 Å². The summed E-state index contributed by atoms with van der Waals surface area (Å²) in [6, 6.07) is 1.63. The molecular formula is C14H22N4O2. The van der Waals surface area contributed by atoms with E-state index in [-0.39, 0.29) is 18.4 Å². The van der Waals surface area contributed by atoms with Gasteiger partial charge in [0.05, 0.1) is 6.54 Å². The zero-order valence-corrected chi connectivity index (χ0v) is 12.3. The quantitative estimate of drug-likeness (QED) is 0.883. The summed E-state index contributed by atoms with van der Waals surface area (Å²) in [5.41, 5.74) is 0.334. The molecule has 0 bridgehead atoms. The van der Waals surface area contributed by atoms with E-state index in [1.54, 1.807) is 24.0 Å². The van der Waals surface area contributed by atoms with Crippen molar-refractivity contribution in [3.8, 4) is 0 Å². The SMILES string of the molecule is C[C@@H]1C[C@H](C)CN(C(=O)CNC(=O)c2ccn(C)n2)C1. The summed E-state index contributed by atoms with van der Waals surface area (Å²) in [5.74, 6) is 0.716. The molecule has 0 unspecified atom stereocenters. The molecule has 110 valence electrons. The van der Waals surface area contributed by atoms with Crippen molar-refractivity contribution in [2.75, 3.05) is 19.6 Å². The predicted octanol–water partition coefficient (Wildman–Crippen LogP) is 0.654. The van der Waals surface area contributed by atoms with Gasteiger partial charge in [0.25, 0.3) is 5.91 Å². The fourth-order valence-electron chi connectivity index (χ4n) is 2.76. The van der Waals surface area contributed by atoms with Crippen LogP contribution in [0.4, 0.5) is 0 Å². The molecule has 1 N–H and O–H groups in total. The molecule has 0 radical (unpaired) electrons. The fourth-order valence-corrected chi connectivity index (χ4v) is 2.76. The molecule has 6 heteroatoms. The standard InChI is InChI=1S/C14H22N4O2/c1-10-6-11(2)9-18(8-10)13(19)7-15-14(20)12-4-5-17(3)16-12/h4-5,10-11H,6-9H2,1-3H3,(H,15,20)/t10-,11+. The number of amides is 2. The van der Waals surface area contributed by atoms with Crippen LogP contribution in [0.1, 0.15) is 30.8 Å². The van der Waals surface area contributed by atoms with E-state index in [1.165, 1.54) is 0 Å². The molecule has 1 fully saturated rings. The molecule has 0 aliphatic carbocycles. The van der Waals surface area contributed by atoms with Crippen LogP contribution in [0.25, 0.3) is 0 Å². The van der Waals surface area contributed by atoms with Crippen molar-refractivity contribution in [2.24, 2.45) is 18.9 Å². The smallest absolute Gasteiger partial charge is 0.272 e. The number of piperidine rings is 1. The number of carbonyl (C=O) groups is 2.